The zero-order valence-electron chi connectivity index (χ0n) is 23.2. The van der Waals surface area contributed by atoms with Crippen LogP contribution < -0.4 is 4.50 Å². The Hall–Kier alpha value is -0.603. The molecule has 1 N–H and O–H groups in total. The molecule has 0 spiro atoms. The SMILES string of the molecule is CCCCCCC(O)(C#Cc1cc2sc([Si](C(C)C)(C(C)C)C(C)C)cc2s1)CCCCCC. The molecule has 0 fully saturated rings. The molecule has 1 nitrogen and oxygen atoms in total. The molecule has 2 rings (SSSR count). The molecule has 0 bridgehead atoms. The molecule has 2 aromatic rings. The van der Waals surface area contributed by atoms with E-state index in [1.165, 1.54) is 47.9 Å². The topological polar surface area (TPSA) is 20.2 Å². The first-order chi connectivity index (χ1) is 16.1. The van der Waals surface area contributed by atoms with E-state index < -0.39 is 13.7 Å². The van der Waals surface area contributed by atoms with Crippen LogP contribution in [0, 0.1) is 11.8 Å². The largest absolute Gasteiger partial charge is 0.378 e. The highest BCUT2D eigenvalue weighted by Gasteiger charge is 2.45. The summed E-state index contributed by atoms with van der Waals surface area (Å²) in [5.74, 6) is 6.75. The molecule has 2 heterocycles. The van der Waals surface area contributed by atoms with Crippen molar-refractivity contribution >= 4 is 44.6 Å². The summed E-state index contributed by atoms with van der Waals surface area (Å²) in [6, 6.07) is 4.79. The van der Waals surface area contributed by atoms with Crippen LogP contribution >= 0.6 is 22.7 Å². The maximum absolute atomic E-state index is 11.4. The molecule has 0 unspecified atom stereocenters. The Morgan fingerprint density at radius 2 is 1.26 bits per heavy atom. The van der Waals surface area contributed by atoms with Crippen LogP contribution in [0.4, 0.5) is 0 Å². The van der Waals surface area contributed by atoms with Crippen molar-refractivity contribution in [2.75, 3.05) is 0 Å². The van der Waals surface area contributed by atoms with E-state index in [0.29, 0.717) is 0 Å². The van der Waals surface area contributed by atoms with Gasteiger partial charge in [-0.2, -0.15) is 0 Å². The minimum atomic E-state index is -1.61. The molecule has 4 heteroatoms. The summed E-state index contributed by atoms with van der Waals surface area (Å²) in [6.45, 7) is 19.1. The summed E-state index contributed by atoms with van der Waals surface area (Å²) < 4.78 is 4.44. The third-order valence-corrected chi connectivity index (χ3v) is 17.9. The fourth-order valence-corrected chi connectivity index (χ4v) is 17.4. The number of rotatable bonds is 14. The first-order valence-corrected chi connectivity index (χ1v) is 17.8. The molecule has 0 aliphatic heterocycles. The van der Waals surface area contributed by atoms with Crippen molar-refractivity contribution in [1.29, 1.82) is 0 Å². The Morgan fingerprint density at radius 3 is 1.71 bits per heavy atom. The second kappa shape index (κ2) is 13.6. The Bertz CT molecular complexity index is 859. The third kappa shape index (κ3) is 7.22. The normalized spacial score (nSPS) is 12.8. The van der Waals surface area contributed by atoms with Gasteiger partial charge in [-0.3, -0.25) is 0 Å². The molecule has 0 amide bonds. The number of thiophene rings is 2. The quantitative estimate of drug-likeness (QED) is 0.150. The summed E-state index contributed by atoms with van der Waals surface area (Å²) in [4.78, 5) is 1.11. The molecular weight excluding hydrogens is 469 g/mol. The smallest absolute Gasteiger partial charge is 0.125 e. The van der Waals surface area contributed by atoms with E-state index in [1.54, 1.807) is 4.50 Å². The lowest BCUT2D eigenvalue weighted by Crippen LogP contribution is -2.54. The van der Waals surface area contributed by atoms with Gasteiger partial charge in [0.2, 0.25) is 0 Å². The van der Waals surface area contributed by atoms with E-state index in [2.05, 4.69) is 79.4 Å². The predicted molar refractivity (Wildman–Crippen MR) is 160 cm³/mol. The minimum absolute atomic E-state index is 0.731. The van der Waals surface area contributed by atoms with E-state index in [9.17, 15) is 5.11 Å². The van der Waals surface area contributed by atoms with Gasteiger partial charge in [-0.05, 0) is 58.9 Å². The van der Waals surface area contributed by atoms with Crippen molar-refractivity contribution in [1.82, 2.24) is 0 Å². The molecule has 0 saturated heterocycles. The van der Waals surface area contributed by atoms with Crippen LogP contribution in [0.5, 0.6) is 0 Å². The summed E-state index contributed by atoms with van der Waals surface area (Å²) in [7, 11) is -1.61. The molecule has 2 aromatic heterocycles. The second-order valence-corrected chi connectivity index (χ2v) is 19.6. The van der Waals surface area contributed by atoms with Gasteiger partial charge < -0.3 is 5.11 Å². The van der Waals surface area contributed by atoms with Crippen LogP contribution in [-0.2, 0) is 0 Å². The number of fused-ring (bicyclic) bond motifs is 1. The van der Waals surface area contributed by atoms with Gasteiger partial charge in [-0.25, -0.2) is 0 Å². The summed E-state index contributed by atoms with van der Waals surface area (Å²) >= 11 is 3.85. The van der Waals surface area contributed by atoms with Gasteiger partial charge in [-0.15, -0.1) is 22.7 Å². The van der Waals surface area contributed by atoms with Crippen LogP contribution in [0.25, 0.3) is 9.40 Å². The zero-order valence-corrected chi connectivity index (χ0v) is 25.9. The number of unbranched alkanes of at least 4 members (excludes halogenated alkanes) is 6. The molecule has 0 radical (unpaired) electrons. The van der Waals surface area contributed by atoms with Gasteiger partial charge in [0.05, 0.1) is 4.88 Å². The second-order valence-electron chi connectivity index (χ2n) is 11.2. The molecule has 0 atom stereocenters. The lowest BCUT2D eigenvalue weighted by Gasteiger charge is -2.42. The van der Waals surface area contributed by atoms with Gasteiger partial charge in [0.25, 0.3) is 0 Å². The summed E-state index contributed by atoms with van der Waals surface area (Å²) in [5, 5.41) is 11.4. The highest BCUT2D eigenvalue weighted by molar-refractivity contribution is 7.36. The Kier molecular flexibility index (Phi) is 11.9. The van der Waals surface area contributed by atoms with E-state index in [0.717, 1.165) is 47.2 Å². The molecule has 34 heavy (non-hydrogen) atoms. The third-order valence-electron chi connectivity index (χ3n) is 7.81. The van der Waals surface area contributed by atoms with Gasteiger partial charge in [0.1, 0.15) is 13.7 Å². The van der Waals surface area contributed by atoms with E-state index in [1.807, 2.05) is 22.7 Å². The Balaban J connectivity index is 2.27. The lowest BCUT2D eigenvalue weighted by atomic mass is 9.90. The van der Waals surface area contributed by atoms with Gasteiger partial charge >= 0.3 is 0 Å². The van der Waals surface area contributed by atoms with E-state index in [4.69, 9.17) is 0 Å². The Labute approximate surface area is 219 Å². The minimum Gasteiger partial charge on any atom is -0.378 e. The standard InChI is InChI=1S/C30H50OS2Si/c1-9-11-13-15-18-30(31,19-16-14-12-10-2)20-17-26-21-27-28(32-26)22-29(33-27)34(23(3)4,24(5)6)25(7)8/h21-25,31H,9-16,18-19H2,1-8H3. The van der Waals surface area contributed by atoms with Gasteiger partial charge in [0, 0.05) is 9.40 Å². The molecule has 0 saturated carbocycles. The average molecular weight is 519 g/mol. The van der Waals surface area contributed by atoms with Crippen LogP contribution in [0.2, 0.25) is 16.6 Å². The fraction of sp³-hybridized carbons (Fsp3) is 0.733. The molecular formula is C30H50OS2Si. The van der Waals surface area contributed by atoms with Crippen molar-refractivity contribution in [2.24, 2.45) is 0 Å². The number of hydrogen-bond acceptors (Lipinski definition) is 3. The van der Waals surface area contributed by atoms with Crippen molar-refractivity contribution in [2.45, 2.75) is 142 Å². The van der Waals surface area contributed by atoms with Crippen LogP contribution in [0.1, 0.15) is 124 Å². The van der Waals surface area contributed by atoms with Crippen molar-refractivity contribution in [3.63, 3.8) is 0 Å². The first kappa shape index (κ1) is 29.6. The lowest BCUT2D eigenvalue weighted by molar-refractivity contribution is 0.0763. The summed E-state index contributed by atoms with van der Waals surface area (Å²) in [6.07, 6.45) is 11.1. The molecule has 0 aliphatic carbocycles. The van der Waals surface area contributed by atoms with Crippen LogP contribution in [-0.4, -0.2) is 18.8 Å². The highest BCUT2D eigenvalue weighted by atomic mass is 32.1. The van der Waals surface area contributed by atoms with Crippen molar-refractivity contribution in [3.8, 4) is 11.8 Å². The van der Waals surface area contributed by atoms with Gasteiger partial charge in [-0.1, -0.05) is 106 Å². The molecule has 192 valence electrons. The van der Waals surface area contributed by atoms with Gasteiger partial charge in [0.15, 0.2) is 0 Å². The predicted octanol–water partition coefficient (Wildman–Crippen LogP) is 9.87. The average Bonchev–Trinajstić information content (AvgIpc) is 3.32. The maximum Gasteiger partial charge on any atom is 0.125 e. The van der Waals surface area contributed by atoms with E-state index in [-0.39, 0.29) is 0 Å². The fourth-order valence-electron chi connectivity index (χ4n) is 6.08. The maximum atomic E-state index is 11.4. The van der Waals surface area contributed by atoms with Crippen molar-refractivity contribution < 1.29 is 5.11 Å². The highest BCUT2D eigenvalue weighted by Crippen LogP contribution is 2.44. The van der Waals surface area contributed by atoms with Crippen LogP contribution in [0.15, 0.2) is 12.1 Å². The Morgan fingerprint density at radius 1 is 0.765 bits per heavy atom. The first-order valence-electron chi connectivity index (χ1n) is 13.9. The summed E-state index contributed by atoms with van der Waals surface area (Å²) in [5.41, 5.74) is 1.36. The molecule has 0 aromatic carbocycles. The zero-order chi connectivity index (χ0) is 25.4. The molecule has 0 aliphatic rings. The number of aliphatic hydroxyl groups is 1. The van der Waals surface area contributed by atoms with E-state index >= 15 is 0 Å². The van der Waals surface area contributed by atoms with Crippen LogP contribution in [0.3, 0.4) is 0 Å². The van der Waals surface area contributed by atoms with Crippen molar-refractivity contribution in [3.05, 3.63) is 17.0 Å². The monoisotopic (exact) mass is 518 g/mol. The number of hydrogen-bond donors (Lipinski definition) is 1.